The quantitative estimate of drug-likeness (QED) is 0.335. The molecule has 2 saturated heterocycles. The van der Waals surface area contributed by atoms with Crippen molar-refractivity contribution in [3.63, 3.8) is 0 Å². The van der Waals surface area contributed by atoms with Gasteiger partial charge in [0.2, 0.25) is 5.28 Å². The molecule has 0 amide bonds. The Kier molecular flexibility index (Phi) is 6.89. The number of nitrogens with one attached hydrogen (secondary N) is 1. The molecule has 2 aliphatic rings. The van der Waals surface area contributed by atoms with Gasteiger partial charge in [0.05, 0.1) is 12.2 Å². The average Bonchev–Trinajstić information content (AvgIpc) is 3.36. The number of anilines is 1. The molecule has 5 heterocycles. The van der Waals surface area contributed by atoms with Crippen molar-refractivity contribution in [2.45, 2.75) is 47.5 Å². The van der Waals surface area contributed by atoms with E-state index in [0.717, 1.165) is 25.9 Å². The van der Waals surface area contributed by atoms with Gasteiger partial charge in [-0.2, -0.15) is 9.97 Å². The summed E-state index contributed by atoms with van der Waals surface area (Å²) in [5.74, 6) is 0.533. The van der Waals surface area contributed by atoms with Gasteiger partial charge in [-0.1, -0.05) is 0 Å². The molecular formula is C20H23Cl2N7O3S. The highest BCUT2D eigenvalue weighted by atomic mass is 35.5. The molecule has 33 heavy (non-hydrogen) atoms. The summed E-state index contributed by atoms with van der Waals surface area (Å²) >= 11 is 13.9. The normalized spacial score (nSPS) is 26.8. The predicted octanol–water partition coefficient (Wildman–Crippen LogP) is 2.32. The van der Waals surface area contributed by atoms with Crippen LogP contribution in [0.1, 0.15) is 19.1 Å². The summed E-state index contributed by atoms with van der Waals surface area (Å²) in [6.45, 7) is 1.67. The zero-order valence-electron chi connectivity index (χ0n) is 17.5. The van der Waals surface area contributed by atoms with Gasteiger partial charge in [-0.25, -0.2) is 9.99 Å². The maximum absolute atomic E-state index is 10.4. The number of thioether (sulfide) groups is 1. The molecule has 3 aromatic rings. The summed E-state index contributed by atoms with van der Waals surface area (Å²) in [5, 5.41) is 23.3. The number of hydrogen-bond donors (Lipinski definition) is 3. The van der Waals surface area contributed by atoms with E-state index in [4.69, 9.17) is 27.9 Å². The molecule has 10 nitrogen and oxygen atoms in total. The van der Waals surface area contributed by atoms with E-state index in [1.165, 1.54) is 11.2 Å². The van der Waals surface area contributed by atoms with Gasteiger partial charge in [-0.05, 0) is 36.6 Å². The average molecular weight is 512 g/mol. The maximum Gasteiger partial charge on any atom is 0.226 e. The van der Waals surface area contributed by atoms with Crippen LogP contribution in [-0.2, 0) is 4.74 Å². The molecule has 2 aliphatic heterocycles. The molecule has 0 bridgehead atoms. The lowest BCUT2D eigenvalue weighted by atomic mass is 10.1. The van der Waals surface area contributed by atoms with Crippen LogP contribution < -0.4 is 5.43 Å². The van der Waals surface area contributed by atoms with E-state index in [0.29, 0.717) is 22.2 Å². The smallest absolute Gasteiger partial charge is 0.226 e. The molecule has 0 aromatic carbocycles. The van der Waals surface area contributed by atoms with E-state index in [-0.39, 0.29) is 11.2 Å². The largest absolute Gasteiger partial charge is 0.387 e. The Labute approximate surface area is 204 Å². The van der Waals surface area contributed by atoms with Gasteiger partial charge < -0.3 is 20.4 Å². The molecule has 176 valence electrons. The van der Waals surface area contributed by atoms with Gasteiger partial charge in [0, 0.05) is 35.6 Å². The third kappa shape index (κ3) is 4.76. The van der Waals surface area contributed by atoms with Crippen LogP contribution in [0.5, 0.6) is 0 Å². The predicted molar refractivity (Wildman–Crippen MR) is 125 cm³/mol. The zero-order valence-corrected chi connectivity index (χ0v) is 19.8. The topological polar surface area (TPSA) is 121 Å². The van der Waals surface area contributed by atoms with Crippen LogP contribution in [0.15, 0.2) is 35.7 Å². The lowest BCUT2D eigenvalue weighted by Gasteiger charge is -2.32. The highest BCUT2D eigenvalue weighted by molar-refractivity contribution is 8.00. The van der Waals surface area contributed by atoms with Gasteiger partial charge in [-0.15, -0.1) is 23.4 Å². The Hall–Kier alpha value is -1.73. The zero-order chi connectivity index (χ0) is 22.9. The summed E-state index contributed by atoms with van der Waals surface area (Å²) in [6, 6.07) is 4.06. The molecule has 0 radical (unpaired) electrons. The van der Waals surface area contributed by atoms with Crippen LogP contribution >= 0.6 is 35.0 Å². The summed E-state index contributed by atoms with van der Waals surface area (Å²) in [6.07, 6.45) is 3.29. The summed E-state index contributed by atoms with van der Waals surface area (Å²) in [5.41, 5.74) is 4.21. The second kappa shape index (κ2) is 9.87. The van der Waals surface area contributed by atoms with Crippen molar-refractivity contribution in [1.82, 2.24) is 29.5 Å². The van der Waals surface area contributed by atoms with Crippen LogP contribution in [-0.4, -0.2) is 82.3 Å². The third-order valence-electron chi connectivity index (χ3n) is 5.82. The molecule has 0 saturated carbocycles. The maximum atomic E-state index is 10.4. The van der Waals surface area contributed by atoms with Gasteiger partial charge in [0.1, 0.15) is 18.3 Å². The number of aromatic nitrogens is 5. The van der Waals surface area contributed by atoms with Crippen LogP contribution in [0.25, 0.3) is 11.2 Å². The second-order valence-corrected chi connectivity index (χ2v) is 9.99. The first-order valence-electron chi connectivity index (χ1n) is 10.6. The van der Waals surface area contributed by atoms with Crippen molar-refractivity contribution >= 4 is 51.9 Å². The molecule has 4 atom stereocenters. The van der Waals surface area contributed by atoms with E-state index in [9.17, 15) is 10.2 Å². The Morgan fingerprint density at radius 2 is 1.91 bits per heavy atom. The standard InChI is InChI=1S/C20H23Cl2N7O3S/c21-9-13-15(30)16(31)19(32-13)29-10-24-14-17(25-20(22)26-18(14)29)27-28-7-3-12(4-8-28)33-11-1-5-23-6-2-11/h1-2,5-6,10,12-13,15-16,19,30-31H,3-4,7-9H2,(H,25,26,27). The molecular weight excluding hydrogens is 489 g/mol. The fraction of sp³-hybridized carbons (Fsp3) is 0.500. The van der Waals surface area contributed by atoms with Gasteiger partial charge in [0.25, 0.3) is 0 Å². The number of alkyl halides is 1. The third-order valence-corrected chi connectivity index (χ3v) is 7.64. The molecule has 0 aliphatic carbocycles. The number of halogens is 2. The lowest BCUT2D eigenvalue weighted by Crippen LogP contribution is -2.39. The minimum atomic E-state index is -1.17. The molecule has 3 aromatic heterocycles. The number of fused-ring (bicyclic) bond motifs is 1. The first kappa shape index (κ1) is 23.0. The Morgan fingerprint density at radius 1 is 1.15 bits per heavy atom. The number of rotatable bonds is 6. The molecule has 3 N–H and O–H groups in total. The number of imidazole rings is 1. The van der Waals surface area contributed by atoms with Crippen LogP contribution in [0.3, 0.4) is 0 Å². The number of piperidine rings is 1. The van der Waals surface area contributed by atoms with Gasteiger partial charge >= 0.3 is 0 Å². The minimum Gasteiger partial charge on any atom is -0.387 e. The minimum absolute atomic E-state index is 0.0387. The summed E-state index contributed by atoms with van der Waals surface area (Å²) in [4.78, 5) is 18.3. The number of nitrogens with zero attached hydrogens (tertiary/aromatic N) is 6. The number of aliphatic hydroxyl groups is 2. The number of aliphatic hydroxyl groups excluding tert-OH is 2. The fourth-order valence-electron chi connectivity index (χ4n) is 4.09. The van der Waals surface area contributed by atoms with Gasteiger partial charge in [-0.3, -0.25) is 9.55 Å². The van der Waals surface area contributed by atoms with Crippen LogP contribution in [0, 0.1) is 0 Å². The first-order valence-corrected chi connectivity index (χ1v) is 12.4. The molecule has 5 rings (SSSR count). The molecule has 2 fully saturated rings. The Bertz CT molecular complexity index is 1100. The highest BCUT2D eigenvalue weighted by Crippen LogP contribution is 2.34. The Balaban J connectivity index is 1.30. The number of pyridine rings is 1. The van der Waals surface area contributed by atoms with Crippen LogP contribution in [0.2, 0.25) is 5.28 Å². The molecule has 4 unspecified atom stereocenters. The number of hydrazine groups is 1. The van der Waals surface area contributed by atoms with E-state index in [1.807, 2.05) is 36.3 Å². The van der Waals surface area contributed by atoms with Crippen LogP contribution in [0.4, 0.5) is 5.82 Å². The van der Waals surface area contributed by atoms with Crippen molar-refractivity contribution in [3.05, 3.63) is 36.1 Å². The van der Waals surface area contributed by atoms with Gasteiger partial charge in [0.15, 0.2) is 23.2 Å². The SMILES string of the molecule is OC1C(CCl)OC(n2cnc3c(NN4CCC(Sc5ccncc5)CC4)nc(Cl)nc32)C1O. The monoisotopic (exact) mass is 511 g/mol. The van der Waals surface area contributed by atoms with Crippen molar-refractivity contribution in [3.8, 4) is 0 Å². The van der Waals surface area contributed by atoms with E-state index >= 15 is 0 Å². The highest BCUT2D eigenvalue weighted by Gasteiger charge is 2.44. The lowest BCUT2D eigenvalue weighted by molar-refractivity contribution is -0.0291. The number of hydrogen-bond acceptors (Lipinski definition) is 10. The van der Waals surface area contributed by atoms with E-state index in [2.05, 4.69) is 30.4 Å². The first-order chi connectivity index (χ1) is 16.0. The van der Waals surface area contributed by atoms with Crippen molar-refractivity contribution < 1.29 is 14.9 Å². The number of ether oxygens (including phenoxy) is 1. The summed E-state index contributed by atoms with van der Waals surface area (Å²) in [7, 11) is 0. The van der Waals surface area contributed by atoms with Crippen molar-refractivity contribution in [2.75, 3.05) is 24.4 Å². The second-order valence-electron chi connectivity index (χ2n) is 7.96. The fourth-order valence-corrected chi connectivity index (χ4v) is 5.62. The van der Waals surface area contributed by atoms with Crippen molar-refractivity contribution in [2.24, 2.45) is 0 Å². The van der Waals surface area contributed by atoms with E-state index in [1.54, 1.807) is 4.57 Å². The van der Waals surface area contributed by atoms with Crippen molar-refractivity contribution in [1.29, 1.82) is 0 Å². The Morgan fingerprint density at radius 3 is 2.61 bits per heavy atom. The van der Waals surface area contributed by atoms with E-state index < -0.39 is 24.5 Å². The molecule has 0 spiro atoms. The summed E-state index contributed by atoms with van der Waals surface area (Å²) < 4.78 is 7.28. The molecule has 13 heteroatoms.